The van der Waals surface area contributed by atoms with Crippen molar-refractivity contribution in [3.63, 3.8) is 0 Å². The molecule has 1 aliphatic rings. The summed E-state index contributed by atoms with van der Waals surface area (Å²) in [5.74, 6) is -0.290. The molecule has 1 saturated carbocycles. The van der Waals surface area contributed by atoms with Crippen LogP contribution >= 0.6 is 11.6 Å². The standard InChI is InChI=1S/C13H18ClN3O/c14-13-10(4-3-7-16-13)8-17(9-12(15)18)11-5-1-2-6-11/h3-4,7,11H,1-2,5-6,8-9H2,(H2,15,18). The molecule has 0 unspecified atom stereocenters. The van der Waals surface area contributed by atoms with Gasteiger partial charge in [-0.2, -0.15) is 0 Å². The minimum absolute atomic E-state index is 0.288. The van der Waals surface area contributed by atoms with Crippen LogP contribution < -0.4 is 5.73 Å². The second kappa shape index (κ2) is 6.16. The van der Waals surface area contributed by atoms with E-state index in [9.17, 15) is 4.79 Å². The number of carbonyl (C=O) groups excluding carboxylic acids is 1. The van der Waals surface area contributed by atoms with Crippen molar-refractivity contribution in [1.29, 1.82) is 0 Å². The number of amides is 1. The van der Waals surface area contributed by atoms with E-state index in [2.05, 4.69) is 9.88 Å². The van der Waals surface area contributed by atoms with E-state index >= 15 is 0 Å². The van der Waals surface area contributed by atoms with E-state index in [1.807, 2.05) is 12.1 Å². The van der Waals surface area contributed by atoms with Crippen LogP contribution in [-0.2, 0) is 11.3 Å². The summed E-state index contributed by atoms with van der Waals surface area (Å²) in [6, 6.07) is 4.24. The van der Waals surface area contributed by atoms with Gasteiger partial charge in [0.2, 0.25) is 5.91 Å². The van der Waals surface area contributed by atoms with Gasteiger partial charge in [0.15, 0.2) is 0 Å². The number of nitrogens with zero attached hydrogens (tertiary/aromatic N) is 2. The average Bonchev–Trinajstić information content (AvgIpc) is 2.84. The molecule has 98 valence electrons. The number of rotatable bonds is 5. The summed E-state index contributed by atoms with van der Waals surface area (Å²) in [4.78, 5) is 17.4. The maximum Gasteiger partial charge on any atom is 0.231 e. The highest BCUT2D eigenvalue weighted by atomic mass is 35.5. The Bertz CT molecular complexity index is 418. The predicted octanol–water partition coefficient (Wildman–Crippen LogP) is 1.96. The van der Waals surface area contributed by atoms with Crippen LogP contribution in [0.1, 0.15) is 31.2 Å². The van der Waals surface area contributed by atoms with Gasteiger partial charge in [0.25, 0.3) is 0 Å². The number of hydrogen-bond acceptors (Lipinski definition) is 3. The quantitative estimate of drug-likeness (QED) is 0.830. The maximum atomic E-state index is 11.2. The number of pyridine rings is 1. The molecule has 2 N–H and O–H groups in total. The molecule has 1 fully saturated rings. The van der Waals surface area contributed by atoms with E-state index in [0.29, 0.717) is 17.7 Å². The van der Waals surface area contributed by atoms with E-state index in [1.165, 1.54) is 12.8 Å². The van der Waals surface area contributed by atoms with Crippen molar-refractivity contribution in [3.05, 3.63) is 29.0 Å². The third kappa shape index (κ3) is 3.43. The average molecular weight is 268 g/mol. The molecule has 0 spiro atoms. The van der Waals surface area contributed by atoms with Gasteiger partial charge in [0, 0.05) is 24.3 Å². The molecular weight excluding hydrogens is 250 g/mol. The molecule has 1 amide bonds. The van der Waals surface area contributed by atoms with E-state index in [0.717, 1.165) is 18.4 Å². The fraction of sp³-hybridized carbons (Fsp3) is 0.538. The second-order valence-corrected chi connectivity index (χ2v) is 5.12. The van der Waals surface area contributed by atoms with Crippen molar-refractivity contribution in [1.82, 2.24) is 9.88 Å². The lowest BCUT2D eigenvalue weighted by molar-refractivity contribution is -0.119. The van der Waals surface area contributed by atoms with Gasteiger partial charge in [-0.3, -0.25) is 9.69 Å². The number of primary amides is 1. The molecule has 0 atom stereocenters. The molecule has 2 rings (SSSR count). The zero-order valence-electron chi connectivity index (χ0n) is 10.3. The topological polar surface area (TPSA) is 59.2 Å². The van der Waals surface area contributed by atoms with Crippen molar-refractivity contribution in [2.75, 3.05) is 6.54 Å². The molecule has 1 aromatic rings. The summed E-state index contributed by atoms with van der Waals surface area (Å²) in [6.07, 6.45) is 6.37. The summed E-state index contributed by atoms with van der Waals surface area (Å²) in [5.41, 5.74) is 6.27. The number of halogens is 1. The van der Waals surface area contributed by atoms with Crippen LogP contribution in [0.4, 0.5) is 0 Å². The Labute approximate surface area is 112 Å². The Morgan fingerprint density at radius 2 is 2.22 bits per heavy atom. The molecular formula is C13H18ClN3O. The van der Waals surface area contributed by atoms with Gasteiger partial charge < -0.3 is 5.73 Å². The lowest BCUT2D eigenvalue weighted by atomic mass is 10.1. The van der Waals surface area contributed by atoms with Gasteiger partial charge in [0.1, 0.15) is 5.15 Å². The predicted molar refractivity (Wildman–Crippen MR) is 71.1 cm³/mol. The van der Waals surface area contributed by atoms with Crippen LogP contribution in [0.2, 0.25) is 5.15 Å². The fourth-order valence-corrected chi connectivity index (χ4v) is 2.72. The number of hydrogen-bond donors (Lipinski definition) is 1. The van der Waals surface area contributed by atoms with Crippen LogP contribution in [0, 0.1) is 0 Å². The number of carbonyl (C=O) groups is 1. The Balaban J connectivity index is 2.09. The highest BCUT2D eigenvalue weighted by Crippen LogP contribution is 2.25. The Hall–Kier alpha value is -1.13. The maximum absolute atomic E-state index is 11.2. The zero-order valence-corrected chi connectivity index (χ0v) is 11.1. The van der Waals surface area contributed by atoms with Crippen molar-refractivity contribution in [3.8, 4) is 0 Å². The normalized spacial score (nSPS) is 16.3. The molecule has 18 heavy (non-hydrogen) atoms. The Morgan fingerprint density at radius 1 is 1.50 bits per heavy atom. The minimum Gasteiger partial charge on any atom is -0.369 e. The van der Waals surface area contributed by atoms with E-state index < -0.39 is 0 Å². The first-order valence-electron chi connectivity index (χ1n) is 6.28. The molecule has 1 aliphatic carbocycles. The highest BCUT2D eigenvalue weighted by Gasteiger charge is 2.24. The van der Waals surface area contributed by atoms with Gasteiger partial charge in [-0.25, -0.2) is 4.98 Å². The van der Waals surface area contributed by atoms with Crippen molar-refractivity contribution in [2.45, 2.75) is 38.3 Å². The lowest BCUT2D eigenvalue weighted by Gasteiger charge is -2.27. The molecule has 0 aliphatic heterocycles. The van der Waals surface area contributed by atoms with Crippen LogP contribution in [0.3, 0.4) is 0 Å². The first-order chi connectivity index (χ1) is 8.66. The SMILES string of the molecule is NC(=O)CN(Cc1cccnc1Cl)C1CCCC1. The highest BCUT2D eigenvalue weighted by molar-refractivity contribution is 6.30. The monoisotopic (exact) mass is 267 g/mol. The minimum atomic E-state index is -0.290. The molecule has 0 saturated heterocycles. The van der Waals surface area contributed by atoms with Gasteiger partial charge >= 0.3 is 0 Å². The summed E-state index contributed by atoms with van der Waals surface area (Å²) >= 11 is 6.06. The third-order valence-corrected chi connectivity index (χ3v) is 3.75. The molecule has 5 heteroatoms. The van der Waals surface area contributed by atoms with Gasteiger partial charge in [-0.05, 0) is 18.9 Å². The number of aromatic nitrogens is 1. The van der Waals surface area contributed by atoms with Gasteiger partial charge in [0.05, 0.1) is 6.54 Å². The largest absolute Gasteiger partial charge is 0.369 e. The third-order valence-electron chi connectivity index (χ3n) is 3.41. The molecule has 1 heterocycles. The van der Waals surface area contributed by atoms with Gasteiger partial charge in [-0.15, -0.1) is 0 Å². The van der Waals surface area contributed by atoms with Crippen LogP contribution in [0.5, 0.6) is 0 Å². The van der Waals surface area contributed by atoms with Crippen molar-refractivity contribution in [2.24, 2.45) is 5.73 Å². The van der Waals surface area contributed by atoms with Crippen molar-refractivity contribution < 1.29 is 4.79 Å². The smallest absolute Gasteiger partial charge is 0.231 e. The van der Waals surface area contributed by atoms with Crippen molar-refractivity contribution >= 4 is 17.5 Å². The molecule has 1 aromatic heterocycles. The van der Waals surface area contributed by atoms with Crippen LogP contribution in [-0.4, -0.2) is 28.4 Å². The lowest BCUT2D eigenvalue weighted by Crippen LogP contribution is -2.39. The molecule has 4 nitrogen and oxygen atoms in total. The first kappa shape index (κ1) is 13.3. The first-order valence-corrected chi connectivity index (χ1v) is 6.66. The Kier molecular flexibility index (Phi) is 4.55. The summed E-state index contributed by atoms with van der Waals surface area (Å²) in [5, 5.41) is 0.505. The molecule has 0 bridgehead atoms. The zero-order chi connectivity index (χ0) is 13.0. The van der Waals surface area contributed by atoms with E-state index in [-0.39, 0.29) is 12.5 Å². The Morgan fingerprint density at radius 3 is 2.83 bits per heavy atom. The number of nitrogens with two attached hydrogens (primary N) is 1. The molecule has 0 radical (unpaired) electrons. The summed E-state index contributed by atoms with van der Waals surface area (Å²) in [6.45, 7) is 0.927. The molecule has 0 aromatic carbocycles. The second-order valence-electron chi connectivity index (χ2n) is 4.76. The van der Waals surface area contributed by atoms with Crippen LogP contribution in [0.25, 0.3) is 0 Å². The summed E-state index contributed by atoms with van der Waals surface area (Å²) in [7, 11) is 0. The fourth-order valence-electron chi connectivity index (χ4n) is 2.54. The van der Waals surface area contributed by atoms with E-state index in [4.69, 9.17) is 17.3 Å². The van der Waals surface area contributed by atoms with Gasteiger partial charge in [-0.1, -0.05) is 30.5 Å². The summed E-state index contributed by atoms with van der Waals surface area (Å²) < 4.78 is 0. The van der Waals surface area contributed by atoms with Crippen LogP contribution in [0.15, 0.2) is 18.3 Å². The van der Waals surface area contributed by atoms with E-state index in [1.54, 1.807) is 6.20 Å².